The molecule has 0 amide bonds. The van der Waals surface area contributed by atoms with Gasteiger partial charge in [-0.05, 0) is 20.8 Å². The van der Waals surface area contributed by atoms with E-state index in [0.29, 0.717) is 18.2 Å². The summed E-state index contributed by atoms with van der Waals surface area (Å²) in [4.78, 5) is 0. The molecule has 1 rings (SSSR count). The van der Waals surface area contributed by atoms with Crippen LogP contribution in [0.15, 0.2) is 0 Å². The Bertz CT molecular complexity index is 94.9. The van der Waals surface area contributed by atoms with E-state index in [1.54, 1.807) is 0 Å². The molecule has 1 fully saturated rings. The molecule has 54 valence electrons. The van der Waals surface area contributed by atoms with Crippen molar-refractivity contribution in [3.8, 4) is 0 Å². The Hall–Kier alpha value is -0.0800. The third kappa shape index (κ3) is 1.66. The van der Waals surface area contributed by atoms with Crippen LogP contribution in [0.1, 0.15) is 20.8 Å². The summed E-state index contributed by atoms with van der Waals surface area (Å²) >= 11 is 0. The quantitative estimate of drug-likeness (QED) is 0.521. The van der Waals surface area contributed by atoms with Crippen LogP contribution in [-0.2, 0) is 4.74 Å². The molecule has 0 bridgehead atoms. The Morgan fingerprint density at radius 3 is 2.44 bits per heavy atom. The average Bonchev–Trinajstić information content (AvgIpc) is 1.80. The highest BCUT2D eigenvalue weighted by molar-refractivity contribution is 4.76. The molecule has 0 spiro atoms. The monoisotopic (exact) mass is 129 g/mol. The van der Waals surface area contributed by atoms with Crippen LogP contribution in [0.5, 0.6) is 0 Å². The van der Waals surface area contributed by atoms with Crippen LogP contribution in [0, 0.1) is 0 Å². The van der Waals surface area contributed by atoms with E-state index in [2.05, 4.69) is 26.1 Å². The molecule has 1 aliphatic heterocycles. The molecule has 1 heterocycles. The average molecular weight is 129 g/mol. The first-order valence-electron chi connectivity index (χ1n) is 3.59. The van der Waals surface area contributed by atoms with Gasteiger partial charge in [0.25, 0.3) is 0 Å². The zero-order valence-corrected chi connectivity index (χ0v) is 6.35. The van der Waals surface area contributed by atoms with Gasteiger partial charge in [-0.25, -0.2) is 0 Å². The van der Waals surface area contributed by atoms with Crippen LogP contribution in [0.3, 0.4) is 0 Å². The van der Waals surface area contributed by atoms with E-state index >= 15 is 0 Å². The molecule has 2 nitrogen and oxygen atoms in total. The molecular weight excluding hydrogens is 114 g/mol. The highest BCUT2D eigenvalue weighted by atomic mass is 16.5. The van der Waals surface area contributed by atoms with E-state index < -0.39 is 0 Å². The van der Waals surface area contributed by atoms with Crippen LogP contribution in [0.2, 0.25) is 0 Å². The first-order chi connectivity index (χ1) is 4.20. The second kappa shape index (κ2) is 2.67. The molecule has 2 heteroatoms. The maximum atomic E-state index is 5.54. The minimum absolute atomic E-state index is 0.369. The molecule has 0 aromatic carbocycles. The van der Waals surface area contributed by atoms with Gasteiger partial charge in [0.2, 0.25) is 0 Å². The third-order valence-electron chi connectivity index (χ3n) is 1.88. The van der Waals surface area contributed by atoms with E-state index in [9.17, 15) is 0 Å². The Morgan fingerprint density at radius 1 is 1.33 bits per heavy atom. The van der Waals surface area contributed by atoms with Gasteiger partial charge in [0.05, 0.1) is 12.2 Å². The van der Waals surface area contributed by atoms with Gasteiger partial charge in [-0.1, -0.05) is 0 Å². The Kier molecular flexibility index (Phi) is 2.09. The summed E-state index contributed by atoms with van der Waals surface area (Å²) in [5, 5.41) is 3.36. The fourth-order valence-corrected chi connectivity index (χ4v) is 1.05. The standard InChI is InChI=1S/C7H15NO/c1-5-4-8-6(2)7(3)9-5/h5-8H,4H2,1-3H3/t5-,6-,7+/m0/s1. The summed E-state index contributed by atoms with van der Waals surface area (Å²) in [6.07, 6.45) is 0.755. The van der Waals surface area contributed by atoms with Gasteiger partial charge >= 0.3 is 0 Å². The molecule has 0 aromatic heterocycles. The fourth-order valence-electron chi connectivity index (χ4n) is 1.05. The van der Waals surface area contributed by atoms with E-state index in [0.717, 1.165) is 6.54 Å². The summed E-state index contributed by atoms with van der Waals surface area (Å²) in [6, 6.07) is 0.515. The molecule has 0 saturated carbocycles. The Balaban J connectivity index is 2.35. The van der Waals surface area contributed by atoms with Crippen molar-refractivity contribution in [3.05, 3.63) is 0 Å². The van der Waals surface area contributed by atoms with E-state index in [4.69, 9.17) is 4.74 Å². The molecule has 3 atom stereocenters. The minimum atomic E-state index is 0.369. The second-order valence-corrected chi connectivity index (χ2v) is 2.85. The van der Waals surface area contributed by atoms with Crippen molar-refractivity contribution in [1.82, 2.24) is 5.32 Å². The molecule has 9 heavy (non-hydrogen) atoms. The number of hydrogen-bond donors (Lipinski definition) is 1. The molecular formula is C7H15NO. The molecule has 1 aliphatic rings. The smallest absolute Gasteiger partial charge is 0.0701 e. The minimum Gasteiger partial charge on any atom is -0.373 e. The molecule has 0 aliphatic carbocycles. The number of ether oxygens (including phenoxy) is 1. The van der Waals surface area contributed by atoms with Crippen molar-refractivity contribution in [3.63, 3.8) is 0 Å². The first kappa shape index (κ1) is 7.03. The van der Waals surface area contributed by atoms with Crippen LogP contribution in [-0.4, -0.2) is 24.8 Å². The van der Waals surface area contributed by atoms with E-state index in [1.807, 2.05) is 0 Å². The number of hydrogen-bond acceptors (Lipinski definition) is 2. The lowest BCUT2D eigenvalue weighted by Crippen LogP contribution is -2.48. The van der Waals surface area contributed by atoms with Crippen molar-refractivity contribution in [2.45, 2.75) is 39.0 Å². The highest BCUT2D eigenvalue weighted by Crippen LogP contribution is 2.07. The van der Waals surface area contributed by atoms with Gasteiger partial charge in [0, 0.05) is 12.6 Å². The predicted molar refractivity (Wildman–Crippen MR) is 37.5 cm³/mol. The Morgan fingerprint density at radius 2 is 2.00 bits per heavy atom. The van der Waals surface area contributed by atoms with Crippen molar-refractivity contribution in [2.24, 2.45) is 0 Å². The fraction of sp³-hybridized carbons (Fsp3) is 1.00. The maximum absolute atomic E-state index is 5.54. The van der Waals surface area contributed by atoms with Gasteiger partial charge in [0.1, 0.15) is 0 Å². The van der Waals surface area contributed by atoms with Gasteiger partial charge in [-0.15, -0.1) is 0 Å². The SMILES string of the molecule is C[C@@H]1NC[C@H](C)O[C@@H]1C. The summed E-state index contributed by atoms with van der Waals surface area (Å²) < 4.78 is 5.54. The topological polar surface area (TPSA) is 21.3 Å². The Labute approximate surface area is 56.6 Å². The van der Waals surface area contributed by atoms with Crippen molar-refractivity contribution in [2.75, 3.05) is 6.54 Å². The van der Waals surface area contributed by atoms with Crippen molar-refractivity contribution >= 4 is 0 Å². The summed E-state index contributed by atoms with van der Waals surface area (Å²) in [5.41, 5.74) is 0. The third-order valence-corrected chi connectivity index (χ3v) is 1.88. The predicted octanol–water partition coefficient (Wildman–Crippen LogP) is 0.772. The van der Waals surface area contributed by atoms with Gasteiger partial charge in [-0.3, -0.25) is 0 Å². The lowest BCUT2D eigenvalue weighted by atomic mass is 10.1. The van der Waals surface area contributed by atoms with Crippen LogP contribution >= 0.6 is 0 Å². The summed E-state index contributed by atoms with van der Waals surface area (Å²) in [5.74, 6) is 0. The lowest BCUT2D eigenvalue weighted by molar-refractivity contribution is -0.0395. The van der Waals surface area contributed by atoms with Gasteiger partial charge in [0.15, 0.2) is 0 Å². The van der Waals surface area contributed by atoms with Gasteiger partial charge in [-0.2, -0.15) is 0 Å². The normalized spacial score (nSPS) is 45.0. The molecule has 0 radical (unpaired) electrons. The van der Waals surface area contributed by atoms with Crippen LogP contribution in [0.25, 0.3) is 0 Å². The first-order valence-corrected chi connectivity index (χ1v) is 3.59. The zero-order valence-electron chi connectivity index (χ0n) is 6.35. The molecule has 1 saturated heterocycles. The van der Waals surface area contributed by atoms with Gasteiger partial charge < -0.3 is 10.1 Å². The maximum Gasteiger partial charge on any atom is 0.0701 e. The van der Waals surface area contributed by atoms with Crippen molar-refractivity contribution in [1.29, 1.82) is 0 Å². The largest absolute Gasteiger partial charge is 0.373 e. The summed E-state index contributed by atoms with van der Waals surface area (Å²) in [7, 11) is 0. The number of nitrogens with one attached hydrogen (secondary N) is 1. The number of morpholine rings is 1. The lowest BCUT2D eigenvalue weighted by Gasteiger charge is -2.31. The second-order valence-electron chi connectivity index (χ2n) is 2.85. The van der Waals surface area contributed by atoms with E-state index in [-0.39, 0.29) is 0 Å². The zero-order chi connectivity index (χ0) is 6.85. The molecule has 1 N–H and O–H groups in total. The number of rotatable bonds is 0. The highest BCUT2D eigenvalue weighted by Gasteiger charge is 2.20. The van der Waals surface area contributed by atoms with Crippen LogP contribution < -0.4 is 5.32 Å². The molecule has 0 unspecified atom stereocenters. The van der Waals surface area contributed by atoms with E-state index in [1.165, 1.54) is 0 Å². The molecule has 0 aromatic rings. The van der Waals surface area contributed by atoms with Crippen molar-refractivity contribution < 1.29 is 4.74 Å². The summed E-state index contributed by atoms with van der Waals surface area (Å²) in [6.45, 7) is 7.34. The van der Waals surface area contributed by atoms with Crippen LogP contribution in [0.4, 0.5) is 0 Å².